The van der Waals surface area contributed by atoms with Crippen molar-refractivity contribution >= 4 is 27.4 Å². The molecule has 2 heterocycles. The molecule has 0 atom stereocenters. The molecule has 0 aliphatic rings. The number of aromatic nitrogens is 3. The highest BCUT2D eigenvalue weighted by Gasteiger charge is 2.31. The highest BCUT2D eigenvalue weighted by atomic mass is 79.9. The van der Waals surface area contributed by atoms with Gasteiger partial charge in [0, 0.05) is 25.1 Å². The minimum absolute atomic E-state index is 0.200. The molecule has 0 amide bonds. The average Bonchev–Trinajstić information content (AvgIpc) is 2.71. The van der Waals surface area contributed by atoms with Crippen LogP contribution in [0.2, 0.25) is 0 Å². The Kier molecular flexibility index (Phi) is 3.47. The first-order valence-electron chi connectivity index (χ1n) is 5.21. The first kappa shape index (κ1) is 13.1. The molecule has 18 heavy (non-hydrogen) atoms. The Bertz CT molecular complexity index is 552. The number of alkyl halides is 3. The molecule has 0 N–H and O–H groups in total. The van der Waals surface area contributed by atoms with Gasteiger partial charge in [-0.25, -0.2) is 9.97 Å². The van der Waals surface area contributed by atoms with Gasteiger partial charge in [-0.1, -0.05) is 0 Å². The molecule has 0 aliphatic carbocycles. The van der Waals surface area contributed by atoms with Crippen LogP contribution in [0.3, 0.4) is 0 Å². The van der Waals surface area contributed by atoms with E-state index in [9.17, 15) is 13.2 Å². The summed E-state index contributed by atoms with van der Waals surface area (Å²) in [5.74, 6) is 0.217. The van der Waals surface area contributed by atoms with Gasteiger partial charge in [-0.2, -0.15) is 13.2 Å². The van der Waals surface area contributed by atoms with Gasteiger partial charge in [-0.05, 0) is 22.9 Å². The molecular formula is C10H10BrF3N4. The van der Waals surface area contributed by atoms with Crippen LogP contribution in [-0.4, -0.2) is 33.6 Å². The maximum atomic E-state index is 12.5. The van der Waals surface area contributed by atoms with Crippen molar-refractivity contribution in [2.45, 2.75) is 13.1 Å². The third-order valence-corrected chi connectivity index (χ3v) is 2.76. The number of fused-ring (bicyclic) bond motifs is 1. The van der Waals surface area contributed by atoms with Gasteiger partial charge in [0.1, 0.15) is 11.1 Å². The molecule has 2 rings (SSSR count). The third-order valence-electron chi connectivity index (χ3n) is 2.38. The maximum Gasteiger partial charge on any atom is 0.405 e. The zero-order valence-electron chi connectivity index (χ0n) is 9.45. The lowest BCUT2D eigenvalue weighted by molar-refractivity contribution is -0.119. The molecule has 0 bridgehead atoms. The van der Waals surface area contributed by atoms with Crippen LogP contribution in [0.15, 0.2) is 23.2 Å². The zero-order chi connectivity index (χ0) is 13.3. The van der Waals surface area contributed by atoms with Gasteiger partial charge in [0.15, 0.2) is 11.5 Å². The lowest BCUT2D eigenvalue weighted by Gasteiger charge is -2.23. The fourth-order valence-electron chi connectivity index (χ4n) is 1.65. The number of hydrogen-bond acceptors (Lipinski definition) is 3. The quantitative estimate of drug-likeness (QED) is 0.871. The van der Waals surface area contributed by atoms with E-state index >= 15 is 0 Å². The number of nitrogens with zero attached hydrogens (tertiary/aromatic N) is 4. The van der Waals surface area contributed by atoms with Gasteiger partial charge in [0.2, 0.25) is 0 Å². The molecule has 0 aliphatic heterocycles. The monoisotopic (exact) mass is 322 g/mol. The van der Waals surface area contributed by atoms with E-state index in [-0.39, 0.29) is 12.4 Å². The summed E-state index contributed by atoms with van der Waals surface area (Å²) in [6.07, 6.45) is 0.554. The van der Waals surface area contributed by atoms with Crippen LogP contribution in [0.4, 0.5) is 19.0 Å². The van der Waals surface area contributed by atoms with Gasteiger partial charge < -0.3 is 9.30 Å². The standard InChI is InChI=1S/C10H10BrF3N4/c1-2-17(6-10(12,13)14)9-8-15-3-4-18(8)5-7(11)16-9/h3-5H,2,6H2,1H3. The van der Waals surface area contributed by atoms with Gasteiger partial charge in [0.05, 0.1) is 0 Å². The van der Waals surface area contributed by atoms with E-state index in [0.717, 1.165) is 4.90 Å². The number of anilines is 1. The molecule has 0 saturated carbocycles. The predicted molar refractivity (Wildman–Crippen MR) is 64.6 cm³/mol. The van der Waals surface area contributed by atoms with Crippen LogP contribution in [0.25, 0.3) is 5.65 Å². The van der Waals surface area contributed by atoms with Crippen molar-refractivity contribution < 1.29 is 13.2 Å². The molecule has 0 spiro atoms. The SMILES string of the molecule is CCN(CC(F)(F)F)c1nc(Br)cn2ccnc12. The van der Waals surface area contributed by atoms with Crippen LogP contribution >= 0.6 is 15.9 Å². The minimum atomic E-state index is -4.27. The lowest BCUT2D eigenvalue weighted by atomic mass is 10.4. The van der Waals surface area contributed by atoms with Crippen molar-refractivity contribution in [3.63, 3.8) is 0 Å². The summed E-state index contributed by atoms with van der Waals surface area (Å²) in [5.41, 5.74) is 0.407. The largest absolute Gasteiger partial charge is 0.405 e. The van der Waals surface area contributed by atoms with E-state index in [2.05, 4.69) is 25.9 Å². The van der Waals surface area contributed by atoms with Crippen LogP contribution in [-0.2, 0) is 0 Å². The Morgan fingerprint density at radius 3 is 2.78 bits per heavy atom. The second-order valence-corrected chi connectivity index (χ2v) is 4.49. The topological polar surface area (TPSA) is 33.4 Å². The smallest absolute Gasteiger partial charge is 0.345 e. The molecule has 0 fully saturated rings. The Morgan fingerprint density at radius 2 is 2.17 bits per heavy atom. The van der Waals surface area contributed by atoms with Crippen LogP contribution in [0.5, 0.6) is 0 Å². The van der Waals surface area contributed by atoms with Crippen LogP contribution in [0.1, 0.15) is 6.92 Å². The van der Waals surface area contributed by atoms with Gasteiger partial charge >= 0.3 is 6.18 Å². The van der Waals surface area contributed by atoms with Crippen LogP contribution < -0.4 is 4.90 Å². The molecule has 0 saturated heterocycles. The summed E-state index contributed by atoms with van der Waals surface area (Å²) in [6.45, 7) is 0.800. The van der Waals surface area contributed by atoms with E-state index in [1.54, 1.807) is 23.7 Å². The summed E-state index contributed by atoms with van der Waals surface area (Å²) in [7, 11) is 0. The number of rotatable bonds is 3. The molecule has 8 heteroatoms. The summed E-state index contributed by atoms with van der Waals surface area (Å²) in [6, 6.07) is 0. The third kappa shape index (κ3) is 2.74. The molecule has 2 aromatic heterocycles. The Hall–Kier alpha value is -1.31. The fourth-order valence-corrected chi connectivity index (χ4v) is 2.04. The van der Waals surface area contributed by atoms with Crippen molar-refractivity contribution in [1.82, 2.24) is 14.4 Å². The summed E-state index contributed by atoms with van der Waals surface area (Å²) < 4.78 is 39.6. The van der Waals surface area contributed by atoms with Crippen molar-refractivity contribution in [3.05, 3.63) is 23.2 Å². The summed E-state index contributed by atoms with van der Waals surface area (Å²) >= 11 is 3.18. The fraction of sp³-hybridized carbons (Fsp3) is 0.400. The van der Waals surface area contributed by atoms with Gasteiger partial charge in [-0.15, -0.1) is 0 Å². The Balaban J connectivity index is 2.47. The second kappa shape index (κ2) is 4.75. The first-order valence-corrected chi connectivity index (χ1v) is 6.01. The predicted octanol–water partition coefficient (Wildman–Crippen LogP) is 2.88. The van der Waals surface area contributed by atoms with E-state index in [4.69, 9.17) is 0 Å². The molecule has 98 valence electrons. The van der Waals surface area contributed by atoms with Crippen molar-refractivity contribution in [2.24, 2.45) is 0 Å². The lowest BCUT2D eigenvalue weighted by Crippen LogP contribution is -2.35. The van der Waals surface area contributed by atoms with E-state index < -0.39 is 12.7 Å². The number of imidazole rings is 1. The van der Waals surface area contributed by atoms with E-state index in [1.807, 2.05) is 0 Å². The number of hydrogen-bond donors (Lipinski definition) is 0. The van der Waals surface area contributed by atoms with E-state index in [0.29, 0.717) is 10.3 Å². The molecule has 2 aromatic rings. The summed E-state index contributed by atoms with van der Waals surface area (Å²) in [4.78, 5) is 9.26. The van der Waals surface area contributed by atoms with Gasteiger partial charge in [-0.3, -0.25) is 0 Å². The molecular weight excluding hydrogens is 313 g/mol. The van der Waals surface area contributed by atoms with Crippen LogP contribution in [0, 0.1) is 0 Å². The van der Waals surface area contributed by atoms with Crippen molar-refractivity contribution in [2.75, 3.05) is 18.0 Å². The first-order chi connectivity index (χ1) is 8.40. The maximum absolute atomic E-state index is 12.5. The van der Waals surface area contributed by atoms with Crippen molar-refractivity contribution in [1.29, 1.82) is 0 Å². The molecule has 0 radical (unpaired) electrons. The molecule has 4 nitrogen and oxygen atoms in total. The Labute approximate surface area is 110 Å². The number of halogens is 4. The average molecular weight is 323 g/mol. The zero-order valence-corrected chi connectivity index (χ0v) is 11.0. The van der Waals surface area contributed by atoms with E-state index in [1.165, 1.54) is 6.20 Å². The normalized spacial score (nSPS) is 12.1. The summed E-state index contributed by atoms with van der Waals surface area (Å²) in [5, 5.41) is 0. The van der Waals surface area contributed by atoms with Crippen molar-refractivity contribution in [3.8, 4) is 0 Å². The Morgan fingerprint density at radius 1 is 1.44 bits per heavy atom. The second-order valence-electron chi connectivity index (χ2n) is 3.67. The molecule has 0 aromatic carbocycles. The highest BCUT2D eigenvalue weighted by Crippen LogP contribution is 2.25. The highest BCUT2D eigenvalue weighted by molar-refractivity contribution is 9.10. The minimum Gasteiger partial charge on any atom is -0.345 e. The molecule has 0 unspecified atom stereocenters. The van der Waals surface area contributed by atoms with Gasteiger partial charge in [0.25, 0.3) is 0 Å².